The van der Waals surface area contributed by atoms with Crippen molar-refractivity contribution in [1.82, 2.24) is 40.1 Å². The minimum absolute atomic E-state index is 0.00352. The Morgan fingerprint density at radius 1 is 0.679 bits per heavy atom. The van der Waals surface area contributed by atoms with Gasteiger partial charge in [0.1, 0.15) is 18.9 Å². The summed E-state index contributed by atoms with van der Waals surface area (Å²) in [5, 5.41) is 39.3. The summed E-state index contributed by atoms with van der Waals surface area (Å²) >= 11 is 0. The number of tetrazole rings is 1. The van der Waals surface area contributed by atoms with E-state index in [0.29, 0.717) is 9.87 Å². The van der Waals surface area contributed by atoms with Crippen molar-refractivity contribution in [3.05, 3.63) is 96.8 Å². The van der Waals surface area contributed by atoms with E-state index in [1.807, 2.05) is 0 Å². The van der Waals surface area contributed by atoms with Crippen LogP contribution in [0.3, 0.4) is 0 Å². The fraction of sp³-hybridized carbons (Fsp3) is 0.429. The molecule has 0 saturated heterocycles. The summed E-state index contributed by atoms with van der Waals surface area (Å²) in [5.41, 5.74) is 0.629. The summed E-state index contributed by atoms with van der Waals surface area (Å²) in [7, 11) is -3.66. The smallest absolute Gasteiger partial charge is 0.493 e. The lowest BCUT2D eigenvalue weighted by atomic mass is 10.2. The quantitative estimate of drug-likeness (QED) is 0.0135. The average molecular weight is 1120 g/mol. The summed E-state index contributed by atoms with van der Waals surface area (Å²) in [6, 6.07) is 11.5. The van der Waals surface area contributed by atoms with Crippen molar-refractivity contribution in [2.75, 3.05) is 71.0 Å². The first-order valence-corrected chi connectivity index (χ1v) is 24.2. The SMILES string of the molecule is COc1ccccc1Oc1c(OCCOC(=O)OCCCCO[N+](=O)[O-])nc(-c2ccnc(-c3nnnn3COC(=O)OCCCCO[N+](=O)[O-])c2)nc1N(COC(=O)OCCCCO[N+](=O)[O-])S(=O)(=O)c1ccc(C)cn1. The van der Waals surface area contributed by atoms with E-state index in [0.717, 1.165) is 4.68 Å². The molecule has 0 saturated carbocycles. The van der Waals surface area contributed by atoms with Crippen LogP contribution in [0.25, 0.3) is 22.9 Å². The van der Waals surface area contributed by atoms with Crippen LogP contribution < -0.4 is 18.5 Å². The van der Waals surface area contributed by atoms with E-state index in [4.69, 9.17) is 42.6 Å². The van der Waals surface area contributed by atoms with E-state index in [1.54, 1.807) is 19.1 Å². The Hall–Kier alpha value is -9.77. The van der Waals surface area contributed by atoms with Crippen LogP contribution in [-0.2, 0) is 59.7 Å². The molecule has 0 unspecified atom stereocenters. The lowest BCUT2D eigenvalue weighted by Gasteiger charge is -2.26. The number of pyridine rings is 2. The Morgan fingerprint density at radius 2 is 1.26 bits per heavy atom. The molecule has 0 fully saturated rings. The predicted octanol–water partition coefficient (Wildman–Crippen LogP) is 4.61. The number of methoxy groups -OCH3 is 1. The van der Waals surface area contributed by atoms with Crippen molar-refractivity contribution in [2.45, 2.75) is 57.2 Å². The number of carbonyl (C=O) groups excluding carboxylic acids is 3. The molecular formula is C42H48N12O23S. The van der Waals surface area contributed by atoms with Gasteiger partial charge >= 0.3 is 18.5 Å². The Kier molecular flexibility index (Phi) is 23.2. The van der Waals surface area contributed by atoms with Gasteiger partial charge in [0.15, 0.2) is 41.6 Å². The molecule has 0 aliphatic heterocycles. The number of anilines is 1. The Morgan fingerprint density at radius 3 is 1.85 bits per heavy atom. The van der Waals surface area contributed by atoms with Gasteiger partial charge in [0, 0.05) is 18.0 Å². The molecule has 5 rings (SSSR count). The highest BCUT2D eigenvalue weighted by Gasteiger charge is 2.35. The van der Waals surface area contributed by atoms with Crippen LogP contribution in [0, 0.1) is 37.3 Å². The molecule has 0 bridgehead atoms. The molecule has 4 heterocycles. The van der Waals surface area contributed by atoms with Crippen molar-refractivity contribution in [1.29, 1.82) is 0 Å². The number of aryl methyl sites for hydroxylation is 1. The van der Waals surface area contributed by atoms with Crippen LogP contribution >= 0.6 is 0 Å². The number of aromatic nitrogens is 8. The maximum atomic E-state index is 14.9. The first-order valence-electron chi connectivity index (χ1n) is 22.8. The van der Waals surface area contributed by atoms with Gasteiger partial charge in [-0.25, -0.2) is 28.7 Å². The monoisotopic (exact) mass is 1120 g/mol. The molecule has 420 valence electrons. The van der Waals surface area contributed by atoms with E-state index in [1.165, 1.54) is 55.9 Å². The standard InChI is InChI=1S/C42H48N12O23S/c1-29-13-14-34(44-26-29)78(64,65)51(28-73-42(57)70-19-7-10-22-76-54(62)63)38-35(77-33-12-4-3-11-32(33)66-2)39(67-23-24-71-40(55)68-17-5-8-20-74-52(58)59)46-36(45-38)30-15-16-43-31(25-30)37-47-48-49-50(37)27-72-41(56)69-18-6-9-21-75-53(60)61/h3-4,11-16,25-26H,5-10,17-24,27-28H2,1-2H3. The molecule has 5 aromatic rings. The number of sulfonamides is 1. The first-order chi connectivity index (χ1) is 37.5. The van der Waals surface area contributed by atoms with Gasteiger partial charge in [-0.2, -0.15) is 18.1 Å². The van der Waals surface area contributed by atoms with Gasteiger partial charge in [0.25, 0.3) is 31.2 Å². The molecule has 0 spiro atoms. The highest BCUT2D eigenvalue weighted by molar-refractivity contribution is 7.92. The zero-order valence-corrected chi connectivity index (χ0v) is 42.1. The lowest BCUT2D eigenvalue weighted by Crippen LogP contribution is -2.36. The number of rotatable bonds is 34. The number of hydrogen-bond acceptors (Lipinski definition) is 30. The van der Waals surface area contributed by atoms with E-state index in [9.17, 15) is 53.1 Å². The van der Waals surface area contributed by atoms with E-state index < -0.39 is 92.9 Å². The number of carbonyl (C=O) groups is 3. The minimum atomic E-state index is -4.98. The van der Waals surface area contributed by atoms with Crippen LogP contribution in [0.4, 0.5) is 20.2 Å². The summed E-state index contributed by atoms with van der Waals surface area (Å²) in [6.07, 6.45) is -0.146. The molecule has 36 heteroatoms. The number of benzene rings is 1. The topological polar surface area (TPSA) is 424 Å². The summed E-state index contributed by atoms with van der Waals surface area (Å²) in [6.45, 7) is -2.59. The van der Waals surface area contributed by atoms with Crippen LogP contribution in [-0.4, -0.2) is 149 Å². The highest BCUT2D eigenvalue weighted by atomic mass is 32.2. The zero-order valence-electron chi connectivity index (χ0n) is 41.3. The van der Waals surface area contributed by atoms with Gasteiger partial charge in [0.05, 0.1) is 46.8 Å². The number of nitrogens with zero attached hydrogens (tertiary/aromatic N) is 12. The fourth-order valence-corrected chi connectivity index (χ4v) is 7.15. The second-order valence-corrected chi connectivity index (χ2v) is 16.9. The maximum absolute atomic E-state index is 14.9. The largest absolute Gasteiger partial charge is 0.510 e. The molecule has 0 aliphatic carbocycles. The predicted molar refractivity (Wildman–Crippen MR) is 253 cm³/mol. The summed E-state index contributed by atoms with van der Waals surface area (Å²) in [4.78, 5) is 99.5. The van der Waals surface area contributed by atoms with Gasteiger partial charge in [-0.05, 0) is 91.8 Å². The van der Waals surface area contributed by atoms with Crippen molar-refractivity contribution in [3.8, 4) is 46.0 Å². The molecule has 0 atom stereocenters. The normalized spacial score (nSPS) is 10.8. The van der Waals surface area contributed by atoms with Crippen LogP contribution in [0.1, 0.15) is 44.1 Å². The van der Waals surface area contributed by atoms with Crippen molar-refractivity contribution in [2.24, 2.45) is 0 Å². The number of hydrogen-bond donors (Lipinski definition) is 0. The third-order valence-electron chi connectivity index (χ3n) is 9.56. The van der Waals surface area contributed by atoms with Gasteiger partial charge in [-0.15, -0.1) is 35.4 Å². The number of ether oxygens (including phenoxy) is 9. The van der Waals surface area contributed by atoms with Crippen LogP contribution in [0.15, 0.2) is 66.0 Å². The summed E-state index contributed by atoms with van der Waals surface area (Å²) < 4.78 is 79.9. The molecular weight excluding hydrogens is 1070 g/mol. The van der Waals surface area contributed by atoms with Crippen LogP contribution in [0.5, 0.6) is 23.1 Å². The molecule has 78 heavy (non-hydrogen) atoms. The Labute approximate surface area is 439 Å². The van der Waals surface area contributed by atoms with E-state index in [2.05, 4.69) is 50.0 Å². The second kappa shape index (κ2) is 30.6. The third kappa shape index (κ3) is 19.2. The van der Waals surface area contributed by atoms with Crippen LogP contribution in [0.2, 0.25) is 0 Å². The molecule has 4 aromatic heterocycles. The highest BCUT2D eigenvalue weighted by Crippen LogP contribution is 2.44. The number of unbranched alkanes of at least 4 members (excludes halogenated alkanes) is 3. The Balaban J connectivity index is 1.55. The molecule has 0 radical (unpaired) electrons. The Bertz CT molecular complexity index is 2920. The molecule has 0 aliphatic rings. The van der Waals surface area contributed by atoms with Gasteiger partial charge < -0.3 is 57.1 Å². The first kappa shape index (κ1) is 59.1. The van der Waals surface area contributed by atoms with Gasteiger partial charge in [-0.1, -0.05) is 18.2 Å². The third-order valence-corrected chi connectivity index (χ3v) is 11.2. The van der Waals surface area contributed by atoms with Gasteiger partial charge in [-0.3, -0.25) is 4.98 Å². The second-order valence-electron chi connectivity index (χ2n) is 15.0. The lowest BCUT2D eigenvalue weighted by molar-refractivity contribution is -0.757. The van der Waals surface area contributed by atoms with Crippen molar-refractivity contribution in [3.63, 3.8) is 0 Å². The number of para-hydroxylation sites is 2. The minimum Gasteiger partial charge on any atom is -0.493 e. The molecule has 35 nitrogen and oxygen atoms in total. The fourth-order valence-electron chi connectivity index (χ4n) is 5.96. The van der Waals surface area contributed by atoms with Crippen molar-refractivity contribution < 1.29 is 95.2 Å². The molecule has 0 N–H and O–H groups in total. The molecule has 1 aromatic carbocycles. The average Bonchev–Trinajstić information content (AvgIpc) is 3.95. The zero-order chi connectivity index (χ0) is 56.3. The summed E-state index contributed by atoms with van der Waals surface area (Å²) in [5.74, 6) is -2.12. The maximum Gasteiger partial charge on any atom is 0.510 e. The van der Waals surface area contributed by atoms with Gasteiger partial charge in [0.2, 0.25) is 11.6 Å². The molecule has 0 amide bonds. The van der Waals surface area contributed by atoms with E-state index in [-0.39, 0.29) is 113 Å². The van der Waals surface area contributed by atoms with Crippen molar-refractivity contribution >= 4 is 34.3 Å². The van der Waals surface area contributed by atoms with E-state index >= 15 is 0 Å².